The van der Waals surface area contributed by atoms with E-state index in [1.807, 2.05) is 0 Å². The fourth-order valence-electron chi connectivity index (χ4n) is 1.84. The molecule has 0 saturated carbocycles. The quantitative estimate of drug-likeness (QED) is 0.696. The van der Waals surface area contributed by atoms with E-state index >= 15 is 0 Å². The second-order valence-corrected chi connectivity index (χ2v) is 6.48. The number of rotatable bonds is 2. The standard InChI is InChI=1S/C13H7F4NOS2/c14-7-2-1-6-3-9(20-8(6)4-7)11(19)10-5-18-12(21-10)13(15,16)17/h1-5,11,19H. The Bertz CT molecular complexity index is 793. The molecule has 2 heterocycles. The van der Waals surface area contributed by atoms with Crippen LogP contribution in [0.2, 0.25) is 0 Å². The molecule has 1 N–H and O–H groups in total. The van der Waals surface area contributed by atoms with Crippen molar-refractivity contribution < 1.29 is 22.7 Å². The number of benzene rings is 1. The van der Waals surface area contributed by atoms with Crippen molar-refractivity contribution in [3.8, 4) is 0 Å². The lowest BCUT2D eigenvalue weighted by Gasteiger charge is -2.04. The predicted molar refractivity (Wildman–Crippen MR) is 73.0 cm³/mol. The molecule has 8 heteroatoms. The Balaban J connectivity index is 1.96. The minimum atomic E-state index is -4.52. The smallest absolute Gasteiger partial charge is 0.382 e. The van der Waals surface area contributed by atoms with E-state index in [0.717, 1.165) is 22.9 Å². The number of thiazole rings is 1. The highest BCUT2D eigenvalue weighted by Crippen LogP contribution is 2.38. The Morgan fingerprint density at radius 3 is 2.52 bits per heavy atom. The third-order valence-corrected chi connectivity index (χ3v) is 5.05. The van der Waals surface area contributed by atoms with Crippen molar-refractivity contribution in [1.82, 2.24) is 4.98 Å². The lowest BCUT2D eigenvalue weighted by molar-refractivity contribution is -0.137. The van der Waals surface area contributed by atoms with E-state index in [1.165, 1.54) is 12.1 Å². The van der Waals surface area contributed by atoms with Crippen LogP contribution < -0.4 is 0 Å². The summed E-state index contributed by atoms with van der Waals surface area (Å²) < 4.78 is 51.3. The molecule has 1 atom stereocenters. The Labute approximate surface area is 124 Å². The molecule has 0 fully saturated rings. The number of hydrogen-bond donors (Lipinski definition) is 1. The molecule has 1 aromatic carbocycles. The summed E-state index contributed by atoms with van der Waals surface area (Å²) in [7, 11) is 0. The van der Waals surface area contributed by atoms with Crippen LogP contribution in [-0.2, 0) is 6.18 Å². The summed E-state index contributed by atoms with van der Waals surface area (Å²) in [6, 6.07) is 5.81. The third-order valence-electron chi connectivity index (χ3n) is 2.81. The molecule has 2 aromatic heterocycles. The molecular formula is C13H7F4NOS2. The van der Waals surface area contributed by atoms with E-state index < -0.39 is 23.1 Å². The van der Waals surface area contributed by atoms with Gasteiger partial charge in [-0.05, 0) is 23.6 Å². The highest BCUT2D eigenvalue weighted by atomic mass is 32.1. The molecule has 0 saturated heterocycles. The van der Waals surface area contributed by atoms with E-state index in [1.54, 1.807) is 12.1 Å². The van der Waals surface area contributed by atoms with Crippen LogP contribution in [0.3, 0.4) is 0 Å². The highest BCUT2D eigenvalue weighted by molar-refractivity contribution is 7.19. The summed E-state index contributed by atoms with van der Waals surface area (Å²) in [5.41, 5.74) is 0. The van der Waals surface area contributed by atoms with Crippen molar-refractivity contribution in [3.05, 3.63) is 51.0 Å². The fraction of sp³-hybridized carbons (Fsp3) is 0.154. The van der Waals surface area contributed by atoms with Crippen molar-refractivity contribution in [2.24, 2.45) is 0 Å². The van der Waals surface area contributed by atoms with Crippen molar-refractivity contribution in [1.29, 1.82) is 0 Å². The molecule has 0 radical (unpaired) electrons. The Morgan fingerprint density at radius 2 is 1.86 bits per heavy atom. The van der Waals surface area contributed by atoms with Gasteiger partial charge in [0.05, 0.1) is 4.88 Å². The molecular weight excluding hydrogens is 326 g/mol. The van der Waals surface area contributed by atoms with Crippen molar-refractivity contribution in [2.45, 2.75) is 12.3 Å². The van der Waals surface area contributed by atoms with Crippen LogP contribution in [0.4, 0.5) is 17.6 Å². The average Bonchev–Trinajstić information content (AvgIpc) is 3.03. The number of fused-ring (bicyclic) bond motifs is 1. The molecule has 2 nitrogen and oxygen atoms in total. The second kappa shape index (κ2) is 5.04. The van der Waals surface area contributed by atoms with Gasteiger partial charge >= 0.3 is 6.18 Å². The highest BCUT2D eigenvalue weighted by Gasteiger charge is 2.35. The van der Waals surface area contributed by atoms with Gasteiger partial charge in [-0.15, -0.1) is 22.7 Å². The van der Waals surface area contributed by atoms with Gasteiger partial charge < -0.3 is 5.11 Å². The largest absolute Gasteiger partial charge is 0.443 e. The minimum Gasteiger partial charge on any atom is -0.382 e. The Morgan fingerprint density at radius 1 is 1.10 bits per heavy atom. The summed E-state index contributed by atoms with van der Waals surface area (Å²) in [6.07, 6.45) is -4.70. The van der Waals surface area contributed by atoms with Gasteiger partial charge in [0.15, 0.2) is 5.01 Å². The van der Waals surface area contributed by atoms with Crippen molar-refractivity contribution >= 4 is 32.8 Å². The molecule has 0 bridgehead atoms. The van der Waals surface area contributed by atoms with Crippen LogP contribution in [0.5, 0.6) is 0 Å². The third kappa shape index (κ3) is 2.78. The first-order valence-electron chi connectivity index (χ1n) is 5.74. The molecule has 0 amide bonds. The van der Waals surface area contributed by atoms with E-state index in [2.05, 4.69) is 4.98 Å². The van der Waals surface area contributed by atoms with Gasteiger partial charge in [0.1, 0.15) is 11.9 Å². The lowest BCUT2D eigenvalue weighted by Crippen LogP contribution is -2.03. The Kier molecular flexibility index (Phi) is 3.46. The maximum atomic E-state index is 13.1. The van der Waals surface area contributed by atoms with E-state index in [-0.39, 0.29) is 4.88 Å². The normalized spacial score (nSPS) is 13.8. The zero-order valence-electron chi connectivity index (χ0n) is 10.2. The van der Waals surface area contributed by atoms with Crippen molar-refractivity contribution in [2.75, 3.05) is 0 Å². The monoisotopic (exact) mass is 333 g/mol. The average molecular weight is 333 g/mol. The summed E-state index contributed by atoms with van der Waals surface area (Å²) >= 11 is 1.54. The molecule has 3 rings (SSSR count). The number of alkyl halides is 3. The van der Waals surface area contributed by atoms with Crippen LogP contribution in [-0.4, -0.2) is 10.1 Å². The molecule has 0 aliphatic rings. The molecule has 0 aliphatic carbocycles. The fourth-order valence-corrected chi connectivity index (χ4v) is 3.80. The van der Waals surface area contributed by atoms with Gasteiger partial charge in [-0.3, -0.25) is 0 Å². The summed E-state index contributed by atoms with van der Waals surface area (Å²) in [4.78, 5) is 3.84. The summed E-state index contributed by atoms with van der Waals surface area (Å²) in [6.45, 7) is 0. The van der Waals surface area contributed by atoms with E-state index in [4.69, 9.17) is 0 Å². The SMILES string of the molecule is OC(c1cnc(C(F)(F)F)s1)c1cc2ccc(F)cc2s1. The minimum absolute atomic E-state index is 0.106. The first-order chi connectivity index (χ1) is 9.84. The van der Waals surface area contributed by atoms with E-state index in [9.17, 15) is 22.7 Å². The van der Waals surface area contributed by atoms with Crippen molar-refractivity contribution in [3.63, 3.8) is 0 Å². The zero-order chi connectivity index (χ0) is 15.2. The Hall–Kier alpha value is -1.51. The first-order valence-corrected chi connectivity index (χ1v) is 7.38. The van der Waals surface area contributed by atoms with Gasteiger partial charge in [0, 0.05) is 15.8 Å². The zero-order valence-corrected chi connectivity index (χ0v) is 11.8. The molecule has 21 heavy (non-hydrogen) atoms. The number of halogens is 4. The van der Waals surface area contributed by atoms with Gasteiger partial charge in [-0.2, -0.15) is 13.2 Å². The van der Waals surface area contributed by atoms with Gasteiger partial charge in [0.2, 0.25) is 0 Å². The lowest BCUT2D eigenvalue weighted by atomic mass is 10.2. The van der Waals surface area contributed by atoms with Crippen LogP contribution in [0.15, 0.2) is 30.5 Å². The summed E-state index contributed by atoms with van der Waals surface area (Å²) in [5, 5.41) is 9.90. The van der Waals surface area contributed by atoms with Crippen LogP contribution >= 0.6 is 22.7 Å². The second-order valence-electron chi connectivity index (χ2n) is 4.30. The predicted octanol–water partition coefficient (Wildman–Crippen LogP) is 4.60. The molecule has 0 aliphatic heterocycles. The van der Waals surface area contributed by atoms with E-state index in [0.29, 0.717) is 20.9 Å². The number of thiophene rings is 1. The van der Waals surface area contributed by atoms with Gasteiger partial charge in [-0.25, -0.2) is 9.37 Å². The van der Waals surface area contributed by atoms with Crippen LogP contribution in [0, 0.1) is 5.82 Å². The molecule has 1 unspecified atom stereocenters. The number of aromatic nitrogens is 1. The number of aliphatic hydroxyl groups is 1. The number of nitrogens with zero attached hydrogens (tertiary/aromatic N) is 1. The van der Waals surface area contributed by atoms with Gasteiger partial charge in [0.25, 0.3) is 0 Å². The number of aliphatic hydroxyl groups excluding tert-OH is 1. The van der Waals surface area contributed by atoms with Gasteiger partial charge in [-0.1, -0.05) is 6.07 Å². The number of hydrogen-bond acceptors (Lipinski definition) is 4. The van der Waals surface area contributed by atoms with Crippen LogP contribution in [0.1, 0.15) is 20.9 Å². The molecule has 0 spiro atoms. The summed E-state index contributed by atoms with van der Waals surface area (Å²) in [5.74, 6) is -0.400. The maximum Gasteiger partial charge on any atom is 0.443 e. The topological polar surface area (TPSA) is 33.1 Å². The first kappa shape index (κ1) is 14.4. The van der Waals surface area contributed by atoms with Crippen LogP contribution in [0.25, 0.3) is 10.1 Å². The maximum absolute atomic E-state index is 13.1. The molecule has 3 aromatic rings. The molecule has 110 valence electrons.